The van der Waals surface area contributed by atoms with E-state index in [1.807, 2.05) is 55.1 Å². The normalized spacial score (nSPS) is 14.5. The zero-order chi connectivity index (χ0) is 40.5. The fourth-order valence-corrected chi connectivity index (χ4v) is 8.87. The van der Waals surface area contributed by atoms with Crippen molar-refractivity contribution >= 4 is 17.6 Å². The van der Waals surface area contributed by atoms with E-state index in [1.165, 1.54) is 6.42 Å². The number of amides is 3. The number of imidazole rings is 1. The van der Waals surface area contributed by atoms with Crippen LogP contribution in [0.4, 0.5) is 10.5 Å². The average Bonchev–Trinajstić information content (AvgIpc) is 3.73. The molecule has 1 atom stereocenters. The molecule has 3 amide bonds. The summed E-state index contributed by atoms with van der Waals surface area (Å²) in [7, 11) is 0. The first-order chi connectivity index (χ1) is 28.2. The van der Waals surface area contributed by atoms with Crippen molar-refractivity contribution in [1.82, 2.24) is 25.2 Å². The van der Waals surface area contributed by atoms with Gasteiger partial charge in [-0.25, -0.2) is 9.78 Å². The number of anilines is 1. The second kappa shape index (κ2) is 18.1. The Morgan fingerprint density at radius 3 is 1.76 bits per heavy atom. The molecule has 58 heavy (non-hydrogen) atoms. The Bertz CT molecular complexity index is 2120. The van der Waals surface area contributed by atoms with Crippen LogP contribution in [-0.4, -0.2) is 39.1 Å². The molecule has 0 saturated heterocycles. The Morgan fingerprint density at radius 1 is 0.690 bits per heavy atom. The second-order valence-corrected chi connectivity index (χ2v) is 16.3. The summed E-state index contributed by atoms with van der Waals surface area (Å²) in [5, 5.41) is 9.58. The van der Waals surface area contributed by atoms with E-state index in [1.54, 1.807) is 0 Å². The third-order valence-corrected chi connectivity index (χ3v) is 11.9. The van der Waals surface area contributed by atoms with E-state index < -0.39 is 17.6 Å². The zero-order valence-electron chi connectivity index (χ0n) is 34.2. The van der Waals surface area contributed by atoms with Crippen LogP contribution in [0.1, 0.15) is 111 Å². The number of carbonyl (C=O) groups excluding carboxylic acids is 2. The first kappa shape index (κ1) is 40.2. The summed E-state index contributed by atoms with van der Waals surface area (Å²) in [5.41, 5.74) is 6.75. The summed E-state index contributed by atoms with van der Waals surface area (Å²) in [6, 6.07) is 42.1. The van der Waals surface area contributed by atoms with Crippen molar-refractivity contribution in [3.8, 4) is 0 Å². The van der Waals surface area contributed by atoms with E-state index >= 15 is 0 Å². The van der Waals surface area contributed by atoms with Gasteiger partial charge < -0.3 is 20.5 Å². The van der Waals surface area contributed by atoms with Gasteiger partial charge in [-0.3, -0.25) is 9.78 Å². The molecule has 1 fully saturated rings. The third-order valence-electron chi connectivity index (χ3n) is 11.9. The largest absolute Gasteiger partial charge is 0.353 e. The molecule has 1 unspecified atom stereocenters. The van der Waals surface area contributed by atoms with Crippen molar-refractivity contribution in [2.75, 3.05) is 11.9 Å². The van der Waals surface area contributed by atoms with E-state index in [0.717, 1.165) is 64.9 Å². The van der Waals surface area contributed by atoms with Gasteiger partial charge in [0.15, 0.2) is 0 Å². The molecule has 298 valence electrons. The number of para-hydroxylation sites is 1. The lowest BCUT2D eigenvalue weighted by Crippen LogP contribution is -2.52. The van der Waals surface area contributed by atoms with Crippen molar-refractivity contribution in [3.05, 3.63) is 185 Å². The Hall–Kier alpha value is -6.02. The van der Waals surface area contributed by atoms with Crippen LogP contribution in [0.5, 0.6) is 0 Å². The molecule has 0 bridgehead atoms. The maximum absolute atomic E-state index is 14.6. The maximum Gasteiger partial charge on any atom is 0.319 e. The Kier molecular flexibility index (Phi) is 12.5. The fraction of sp³-hybridized carbons (Fsp3) is 0.320. The molecule has 8 heteroatoms. The molecule has 0 spiro atoms. The lowest BCUT2D eigenvalue weighted by molar-refractivity contribution is -0.123. The summed E-state index contributed by atoms with van der Waals surface area (Å²) in [6.07, 6.45) is 11.1. The number of nitrogens with zero attached hydrogens (tertiary/aromatic N) is 3. The SMILES string of the molecule is CC(C)c1cccc(C(C)C)c1NC(=O)NC(Cc1cn(C(c2ccccc2)(c2ccccc2)c2ccccc2)cn1)C(=O)NCC1(c2ccccn2)CCCCC1. The Morgan fingerprint density at radius 2 is 1.24 bits per heavy atom. The van der Waals surface area contributed by atoms with Gasteiger partial charge in [0, 0.05) is 42.2 Å². The highest BCUT2D eigenvalue weighted by Crippen LogP contribution is 2.41. The molecular weight excluding hydrogens is 717 g/mol. The summed E-state index contributed by atoms with van der Waals surface area (Å²) >= 11 is 0. The van der Waals surface area contributed by atoms with Gasteiger partial charge in [-0.1, -0.05) is 162 Å². The Balaban J connectivity index is 1.25. The van der Waals surface area contributed by atoms with E-state index in [0.29, 0.717) is 12.2 Å². The van der Waals surface area contributed by atoms with Gasteiger partial charge in [0.2, 0.25) is 5.91 Å². The van der Waals surface area contributed by atoms with Gasteiger partial charge in [-0.15, -0.1) is 0 Å². The van der Waals surface area contributed by atoms with Crippen LogP contribution in [0.3, 0.4) is 0 Å². The summed E-state index contributed by atoms with van der Waals surface area (Å²) in [6.45, 7) is 8.93. The number of carbonyl (C=O) groups is 2. The molecule has 2 aromatic heterocycles. The van der Waals surface area contributed by atoms with Crippen molar-refractivity contribution in [1.29, 1.82) is 0 Å². The predicted octanol–water partition coefficient (Wildman–Crippen LogP) is 10.1. The maximum atomic E-state index is 14.6. The van der Waals surface area contributed by atoms with Crippen LogP contribution in [0, 0.1) is 0 Å². The van der Waals surface area contributed by atoms with Gasteiger partial charge >= 0.3 is 6.03 Å². The van der Waals surface area contributed by atoms with Gasteiger partial charge in [-0.05, 0) is 64.6 Å². The van der Waals surface area contributed by atoms with Crippen molar-refractivity contribution in [2.45, 2.75) is 95.1 Å². The molecule has 2 heterocycles. The molecule has 6 aromatic rings. The molecule has 1 aliphatic rings. The number of urea groups is 1. The highest BCUT2D eigenvalue weighted by atomic mass is 16.2. The molecule has 4 aromatic carbocycles. The van der Waals surface area contributed by atoms with E-state index in [4.69, 9.17) is 9.97 Å². The van der Waals surface area contributed by atoms with Gasteiger partial charge in [0.25, 0.3) is 0 Å². The summed E-state index contributed by atoms with van der Waals surface area (Å²) < 4.78 is 2.14. The minimum atomic E-state index is -0.916. The smallest absolute Gasteiger partial charge is 0.319 e. The number of nitrogens with one attached hydrogen (secondary N) is 3. The van der Waals surface area contributed by atoms with Crippen LogP contribution in [0.25, 0.3) is 0 Å². The second-order valence-electron chi connectivity index (χ2n) is 16.3. The van der Waals surface area contributed by atoms with Crippen LogP contribution < -0.4 is 16.0 Å². The molecule has 7 rings (SSSR count). The number of pyridine rings is 1. The molecule has 3 N–H and O–H groups in total. The average molecular weight is 773 g/mol. The van der Waals surface area contributed by atoms with E-state index in [9.17, 15) is 9.59 Å². The van der Waals surface area contributed by atoms with E-state index in [-0.39, 0.29) is 29.6 Å². The van der Waals surface area contributed by atoms with Crippen molar-refractivity contribution < 1.29 is 9.59 Å². The van der Waals surface area contributed by atoms with Crippen LogP contribution >= 0.6 is 0 Å². The van der Waals surface area contributed by atoms with Crippen LogP contribution in [0.2, 0.25) is 0 Å². The van der Waals surface area contributed by atoms with Crippen LogP contribution in [-0.2, 0) is 22.2 Å². The molecule has 0 aliphatic heterocycles. The third kappa shape index (κ3) is 8.47. The lowest BCUT2D eigenvalue weighted by atomic mass is 9.71. The topological polar surface area (TPSA) is 101 Å². The quantitative estimate of drug-likeness (QED) is 0.0960. The minimum absolute atomic E-state index is 0.181. The first-order valence-electron chi connectivity index (χ1n) is 20.8. The molecule has 1 aliphatic carbocycles. The minimum Gasteiger partial charge on any atom is -0.353 e. The van der Waals surface area contributed by atoms with Crippen molar-refractivity contribution in [3.63, 3.8) is 0 Å². The predicted molar refractivity (Wildman–Crippen MR) is 233 cm³/mol. The summed E-state index contributed by atoms with van der Waals surface area (Å²) in [5.74, 6) is 0.121. The van der Waals surface area contributed by atoms with Gasteiger partial charge in [0.05, 0.1) is 12.0 Å². The fourth-order valence-electron chi connectivity index (χ4n) is 8.87. The first-order valence-corrected chi connectivity index (χ1v) is 20.8. The monoisotopic (exact) mass is 772 g/mol. The number of aromatic nitrogens is 3. The summed E-state index contributed by atoms with van der Waals surface area (Å²) in [4.78, 5) is 38.4. The molecule has 0 radical (unpaired) electrons. The highest BCUT2D eigenvalue weighted by Gasteiger charge is 2.39. The van der Waals surface area contributed by atoms with E-state index in [2.05, 4.69) is 139 Å². The number of hydrogen-bond donors (Lipinski definition) is 3. The molecular formula is C50H56N6O2. The van der Waals surface area contributed by atoms with Gasteiger partial charge in [0.1, 0.15) is 11.6 Å². The number of rotatable bonds is 14. The Labute approximate surface area is 343 Å². The highest BCUT2D eigenvalue weighted by molar-refractivity contribution is 5.95. The zero-order valence-corrected chi connectivity index (χ0v) is 34.2. The lowest BCUT2D eigenvalue weighted by Gasteiger charge is -2.37. The number of hydrogen-bond acceptors (Lipinski definition) is 4. The molecule has 1 saturated carbocycles. The molecule has 8 nitrogen and oxygen atoms in total. The van der Waals surface area contributed by atoms with Crippen LogP contribution in [0.15, 0.2) is 146 Å². The van der Waals surface area contributed by atoms with Crippen molar-refractivity contribution in [2.24, 2.45) is 0 Å². The number of benzene rings is 4. The standard InChI is InChI=1S/C50H56N6O2/c1-36(2)42-26-19-27-43(37(3)4)46(42)55-48(58)54-44(47(57)52-34-49(29-16-8-17-30-49)45-28-15-18-31-51-45)32-41-33-56(35-53-41)50(38-20-9-5-10-21-38,39-22-11-6-12-23-39)40-24-13-7-14-25-40/h5-7,9-15,18-28,31,33,35-37,44H,8,16-17,29-30,32,34H2,1-4H3,(H,52,57)(H2,54,55,58). The van der Waals surface area contributed by atoms with Gasteiger partial charge in [-0.2, -0.15) is 0 Å².